The molecule has 0 radical (unpaired) electrons. The van der Waals surface area contributed by atoms with Crippen molar-refractivity contribution in [1.29, 1.82) is 0 Å². The van der Waals surface area contributed by atoms with Gasteiger partial charge >= 0.3 is 0 Å². The van der Waals surface area contributed by atoms with E-state index in [9.17, 15) is 19.6 Å². The Bertz CT molecular complexity index is 519. The van der Waals surface area contributed by atoms with Crippen molar-refractivity contribution in [2.75, 3.05) is 11.9 Å². The fourth-order valence-corrected chi connectivity index (χ4v) is 2.78. The number of nitro groups is 1. The van der Waals surface area contributed by atoms with Gasteiger partial charge < -0.3 is 10.4 Å². The van der Waals surface area contributed by atoms with Crippen LogP contribution in [0.15, 0.2) is 12.1 Å². The minimum atomic E-state index is -0.719. The lowest BCUT2D eigenvalue weighted by Gasteiger charge is -2.37. The van der Waals surface area contributed by atoms with Crippen LogP contribution < -0.4 is 5.32 Å². The van der Waals surface area contributed by atoms with Gasteiger partial charge in [-0.15, -0.1) is 0 Å². The van der Waals surface area contributed by atoms with Gasteiger partial charge in [-0.2, -0.15) is 0 Å². The van der Waals surface area contributed by atoms with Crippen molar-refractivity contribution < 1.29 is 14.4 Å². The van der Waals surface area contributed by atoms with Crippen molar-refractivity contribution in [1.82, 2.24) is 0 Å². The van der Waals surface area contributed by atoms with Crippen LogP contribution in [0.25, 0.3) is 0 Å². The molecule has 1 aliphatic carbocycles. The van der Waals surface area contributed by atoms with Crippen molar-refractivity contribution in [2.24, 2.45) is 0 Å². The number of nitrogens with zero attached hydrogens (tertiary/aromatic N) is 1. The summed E-state index contributed by atoms with van der Waals surface area (Å²) < 4.78 is 13.5. The largest absolute Gasteiger partial charge is 0.394 e. The van der Waals surface area contributed by atoms with E-state index >= 15 is 0 Å². The minimum absolute atomic E-state index is 0.0628. The molecule has 2 N–H and O–H groups in total. The van der Waals surface area contributed by atoms with E-state index in [1.54, 1.807) is 0 Å². The monoisotopic (exact) mass is 302 g/mol. The maximum Gasteiger partial charge on any atom is 0.294 e. The smallest absolute Gasteiger partial charge is 0.294 e. The molecule has 1 aliphatic rings. The van der Waals surface area contributed by atoms with Crippen LogP contribution in [0.1, 0.15) is 32.1 Å². The molecule has 7 heteroatoms. The predicted octanol–water partition coefficient (Wildman–Crippen LogP) is 3.49. The zero-order chi connectivity index (χ0) is 14.8. The first-order valence-electron chi connectivity index (χ1n) is 6.50. The molecule has 0 atom stereocenters. The minimum Gasteiger partial charge on any atom is -0.394 e. The molecule has 1 aromatic carbocycles. The van der Waals surface area contributed by atoms with Crippen molar-refractivity contribution in [3.05, 3.63) is 33.1 Å². The number of aliphatic hydroxyl groups is 1. The second kappa shape index (κ2) is 5.93. The van der Waals surface area contributed by atoms with E-state index in [2.05, 4.69) is 5.32 Å². The number of rotatable bonds is 4. The number of hydrogen-bond acceptors (Lipinski definition) is 4. The molecule has 2 rings (SSSR count). The average molecular weight is 303 g/mol. The maximum absolute atomic E-state index is 13.5. The Kier molecular flexibility index (Phi) is 4.45. The lowest BCUT2D eigenvalue weighted by molar-refractivity contribution is -0.384. The standard InChI is InChI=1S/C13H16ClFN2O3/c14-9-6-12(17(19)20)11(7-10(9)15)16-13(8-18)4-2-1-3-5-13/h6-7,16,18H,1-5,8H2. The van der Waals surface area contributed by atoms with E-state index in [0.717, 1.165) is 31.4 Å². The highest BCUT2D eigenvalue weighted by Crippen LogP contribution is 2.36. The van der Waals surface area contributed by atoms with Gasteiger partial charge in [0.1, 0.15) is 11.5 Å². The van der Waals surface area contributed by atoms with Crippen LogP contribution in [0.4, 0.5) is 15.8 Å². The van der Waals surface area contributed by atoms with Gasteiger partial charge in [-0.1, -0.05) is 30.9 Å². The Morgan fingerprint density at radius 1 is 1.40 bits per heavy atom. The van der Waals surface area contributed by atoms with Gasteiger partial charge in [-0.3, -0.25) is 10.1 Å². The van der Waals surface area contributed by atoms with E-state index in [1.807, 2.05) is 0 Å². The Labute approximate surface area is 120 Å². The third-order valence-corrected chi connectivity index (χ3v) is 4.04. The molecule has 1 fully saturated rings. The van der Waals surface area contributed by atoms with Gasteiger partial charge in [0.15, 0.2) is 0 Å². The second-order valence-electron chi connectivity index (χ2n) is 5.16. The molecule has 1 aromatic rings. The highest BCUT2D eigenvalue weighted by Gasteiger charge is 2.33. The molecule has 1 saturated carbocycles. The number of nitrogens with one attached hydrogen (secondary N) is 1. The predicted molar refractivity (Wildman–Crippen MR) is 74.6 cm³/mol. The summed E-state index contributed by atoms with van der Waals surface area (Å²) in [5, 5.41) is 23.3. The van der Waals surface area contributed by atoms with E-state index < -0.39 is 16.3 Å². The van der Waals surface area contributed by atoms with E-state index in [1.165, 1.54) is 0 Å². The number of benzene rings is 1. The molecule has 0 bridgehead atoms. The first-order valence-corrected chi connectivity index (χ1v) is 6.88. The lowest BCUT2D eigenvalue weighted by Crippen LogP contribution is -2.44. The Hall–Kier alpha value is -1.40. The van der Waals surface area contributed by atoms with Gasteiger partial charge in [-0.05, 0) is 12.8 Å². The zero-order valence-electron chi connectivity index (χ0n) is 10.9. The highest BCUT2D eigenvalue weighted by atomic mass is 35.5. The van der Waals surface area contributed by atoms with E-state index in [-0.39, 0.29) is 23.0 Å². The van der Waals surface area contributed by atoms with E-state index in [4.69, 9.17) is 11.6 Å². The zero-order valence-corrected chi connectivity index (χ0v) is 11.6. The molecule has 0 saturated heterocycles. The summed E-state index contributed by atoms with van der Waals surface area (Å²) >= 11 is 5.58. The molecule has 0 spiro atoms. The first-order chi connectivity index (χ1) is 9.47. The topological polar surface area (TPSA) is 75.4 Å². The Balaban J connectivity index is 2.36. The second-order valence-corrected chi connectivity index (χ2v) is 5.57. The maximum atomic E-state index is 13.5. The van der Waals surface area contributed by atoms with Crippen LogP contribution in [-0.4, -0.2) is 22.2 Å². The van der Waals surface area contributed by atoms with Crippen LogP contribution >= 0.6 is 11.6 Å². The number of anilines is 1. The molecule has 0 aromatic heterocycles. The molecule has 5 nitrogen and oxygen atoms in total. The number of halogens is 2. The molecule has 0 heterocycles. The highest BCUT2D eigenvalue weighted by molar-refractivity contribution is 6.31. The molecule has 20 heavy (non-hydrogen) atoms. The van der Waals surface area contributed by atoms with Crippen LogP contribution in [0.5, 0.6) is 0 Å². The summed E-state index contributed by atoms with van der Waals surface area (Å²) in [6.45, 7) is -0.144. The average Bonchev–Trinajstić information content (AvgIpc) is 2.43. The summed E-state index contributed by atoms with van der Waals surface area (Å²) in [5.41, 5.74) is -0.842. The number of aliphatic hydroxyl groups excluding tert-OH is 1. The van der Waals surface area contributed by atoms with Gasteiger partial charge in [0.05, 0.1) is 22.1 Å². The fraction of sp³-hybridized carbons (Fsp3) is 0.538. The van der Waals surface area contributed by atoms with Crippen molar-refractivity contribution in [2.45, 2.75) is 37.6 Å². The quantitative estimate of drug-likeness (QED) is 0.659. The van der Waals surface area contributed by atoms with Crippen LogP contribution in [0, 0.1) is 15.9 Å². The van der Waals surface area contributed by atoms with E-state index in [0.29, 0.717) is 12.8 Å². The van der Waals surface area contributed by atoms with Crippen molar-refractivity contribution in [3.63, 3.8) is 0 Å². The molecule has 110 valence electrons. The van der Waals surface area contributed by atoms with Crippen LogP contribution in [0.2, 0.25) is 5.02 Å². The Morgan fingerprint density at radius 2 is 2.05 bits per heavy atom. The summed E-state index contributed by atoms with van der Waals surface area (Å²) in [7, 11) is 0. The SMILES string of the molecule is O=[N+]([O-])c1cc(Cl)c(F)cc1NC1(CO)CCCCC1. The van der Waals surface area contributed by atoms with Gasteiger partial charge in [0.25, 0.3) is 5.69 Å². The normalized spacial score (nSPS) is 17.8. The number of nitro benzene ring substituents is 1. The molecule has 0 unspecified atom stereocenters. The summed E-state index contributed by atoms with van der Waals surface area (Å²) in [5.74, 6) is -0.719. The van der Waals surface area contributed by atoms with Crippen LogP contribution in [-0.2, 0) is 0 Å². The number of hydrogen-bond donors (Lipinski definition) is 2. The summed E-state index contributed by atoms with van der Waals surface area (Å²) in [6, 6.07) is 2.01. The fourth-order valence-electron chi connectivity index (χ4n) is 2.62. The first kappa shape index (κ1) is 15.0. The van der Waals surface area contributed by atoms with Crippen molar-refractivity contribution in [3.8, 4) is 0 Å². The molecular weight excluding hydrogens is 287 g/mol. The van der Waals surface area contributed by atoms with Gasteiger partial charge in [-0.25, -0.2) is 4.39 Å². The van der Waals surface area contributed by atoms with Crippen LogP contribution in [0.3, 0.4) is 0 Å². The molecule has 0 aliphatic heterocycles. The molecular formula is C13H16ClFN2O3. The van der Waals surface area contributed by atoms with Gasteiger partial charge in [0, 0.05) is 12.1 Å². The third kappa shape index (κ3) is 3.02. The Morgan fingerprint density at radius 3 is 2.60 bits per heavy atom. The third-order valence-electron chi connectivity index (χ3n) is 3.75. The summed E-state index contributed by atoms with van der Waals surface area (Å²) in [4.78, 5) is 10.4. The van der Waals surface area contributed by atoms with Crippen molar-refractivity contribution >= 4 is 23.0 Å². The lowest BCUT2D eigenvalue weighted by atomic mass is 9.82. The summed E-state index contributed by atoms with van der Waals surface area (Å²) in [6.07, 6.45) is 4.32. The van der Waals surface area contributed by atoms with Gasteiger partial charge in [0.2, 0.25) is 0 Å². The molecule has 0 amide bonds.